The maximum atomic E-state index is 8.88. The number of aromatic nitrogens is 2. The molecule has 1 aromatic rings. The summed E-state index contributed by atoms with van der Waals surface area (Å²) in [6.07, 6.45) is 0. The van der Waals surface area contributed by atoms with Crippen LogP contribution in [0.2, 0.25) is 0 Å². The summed E-state index contributed by atoms with van der Waals surface area (Å²) in [6, 6.07) is 0. The van der Waals surface area contributed by atoms with Crippen LogP contribution in [-0.2, 0) is 13.2 Å². The Hall–Kier alpha value is -0.350. The number of hydrogen-bond donors (Lipinski definition) is 1. The number of nitrogens with zero attached hydrogens (tertiary/aromatic N) is 2. The largest absolute Gasteiger partial charge is 0.388 e. The van der Waals surface area contributed by atoms with Crippen LogP contribution in [0.1, 0.15) is 18.4 Å². The number of aliphatic hydroxyl groups excluding tert-OH is 1. The predicted octanol–water partition coefficient (Wildman–Crippen LogP) is 1.47. The SMILES string of the molecule is CCn1c(CO)nc(C)c1Br. The molecule has 11 heavy (non-hydrogen) atoms. The van der Waals surface area contributed by atoms with Crippen molar-refractivity contribution in [1.82, 2.24) is 9.55 Å². The molecular formula is C7H11BrN2O. The van der Waals surface area contributed by atoms with E-state index in [1.165, 1.54) is 0 Å². The molecule has 1 aromatic heterocycles. The summed E-state index contributed by atoms with van der Waals surface area (Å²) in [5, 5.41) is 8.88. The second-order valence-electron chi connectivity index (χ2n) is 2.31. The molecule has 0 saturated heterocycles. The second-order valence-corrected chi connectivity index (χ2v) is 3.06. The Kier molecular flexibility index (Phi) is 2.67. The van der Waals surface area contributed by atoms with E-state index in [2.05, 4.69) is 20.9 Å². The van der Waals surface area contributed by atoms with E-state index in [0.717, 1.165) is 22.7 Å². The highest BCUT2D eigenvalue weighted by molar-refractivity contribution is 9.10. The summed E-state index contributed by atoms with van der Waals surface area (Å²) in [5.41, 5.74) is 0.927. The zero-order valence-corrected chi connectivity index (χ0v) is 8.22. The molecule has 0 spiro atoms. The Balaban J connectivity index is 3.15. The van der Waals surface area contributed by atoms with Crippen molar-refractivity contribution in [1.29, 1.82) is 0 Å². The third-order valence-electron chi connectivity index (χ3n) is 1.60. The number of aliphatic hydroxyl groups is 1. The Morgan fingerprint density at radius 2 is 2.27 bits per heavy atom. The lowest BCUT2D eigenvalue weighted by atomic mass is 10.5. The number of rotatable bonds is 2. The van der Waals surface area contributed by atoms with E-state index in [0.29, 0.717) is 0 Å². The van der Waals surface area contributed by atoms with E-state index < -0.39 is 0 Å². The monoisotopic (exact) mass is 218 g/mol. The van der Waals surface area contributed by atoms with Gasteiger partial charge in [-0.2, -0.15) is 0 Å². The summed E-state index contributed by atoms with van der Waals surface area (Å²) in [7, 11) is 0. The number of imidazole rings is 1. The highest BCUT2D eigenvalue weighted by Gasteiger charge is 2.08. The average molecular weight is 219 g/mol. The van der Waals surface area contributed by atoms with Crippen LogP contribution >= 0.6 is 15.9 Å². The van der Waals surface area contributed by atoms with Gasteiger partial charge in [-0.15, -0.1) is 0 Å². The van der Waals surface area contributed by atoms with E-state index in [1.54, 1.807) is 0 Å². The van der Waals surface area contributed by atoms with Crippen molar-refractivity contribution in [3.8, 4) is 0 Å². The summed E-state index contributed by atoms with van der Waals surface area (Å²) in [6.45, 7) is 4.76. The molecule has 0 aliphatic heterocycles. The van der Waals surface area contributed by atoms with Crippen LogP contribution in [0.15, 0.2) is 4.60 Å². The Morgan fingerprint density at radius 3 is 2.64 bits per heavy atom. The maximum Gasteiger partial charge on any atom is 0.135 e. The lowest BCUT2D eigenvalue weighted by molar-refractivity contribution is 0.265. The van der Waals surface area contributed by atoms with E-state index >= 15 is 0 Å². The van der Waals surface area contributed by atoms with Crippen molar-refractivity contribution in [3.63, 3.8) is 0 Å². The third kappa shape index (κ3) is 1.46. The van der Waals surface area contributed by atoms with E-state index in [-0.39, 0.29) is 6.61 Å². The van der Waals surface area contributed by atoms with Gasteiger partial charge in [-0.05, 0) is 29.8 Å². The van der Waals surface area contributed by atoms with Crippen molar-refractivity contribution in [2.45, 2.75) is 27.0 Å². The topological polar surface area (TPSA) is 38.0 Å². The molecule has 3 nitrogen and oxygen atoms in total. The molecule has 0 unspecified atom stereocenters. The number of halogens is 1. The van der Waals surface area contributed by atoms with Gasteiger partial charge in [-0.1, -0.05) is 0 Å². The molecule has 0 aliphatic carbocycles. The molecule has 0 saturated carbocycles. The summed E-state index contributed by atoms with van der Waals surface area (Å²) in [5.74, 6) is 0.719. The van der Waals surface area contributed by atoms with Crippen LogP contribution < -0.4 is 0 Å². The lowest BCUT2D eigenvalue weighted by Gasteiger charge is -2.01. The molecule has 4 heteroatoms. The highest BCUT2D eigenvalue weighted by Crippen LogP contribution is 2.17. The number of hydrogen-bond acceptors (Lipinski definition) is 2. The van der Waals surface area contributed by atoms with Crippen molar-refractivity contribution in [2.75, 3.05) is 0 Å². The molecular weight excluding hydrogens is 208 g/mol. The van der Waals surface area contributed by atoms with E-state index in [1.807, 2.05) is 18.4 Å². The molecule has 0 aliphatic rings. The van der Waals surface area contributed by atoms with Crippen LogP contribution in [0.3, 0.4) is 0 Å². The molecule has 0 radical (unpaired) electrons. The summed E-state index contributed by atoms with van der Waals surface area (Å²) in [4.78, 5) is 4.17. The molecule has 1 heterocycles. The second kappa shape index (κ2) is 3.36. The Labute approximate surface area is 74.2 Å². The smallest absolute Gasteiger partial charge is 0.135 e. The fourth-order valence-corrected chi connectivity index (χ4v) is 1.59. The van der Waals surface area contributed by atoms with Crippen molar-refractivity contribution < 1.29 is 5.11 Å². The standard InChI is InChI=1S/C7H11BrN2O/c1-3-10-6(4-11)9-5(2)7(10)8/h11H,3-4H2,1-2H3. The van der Waals surface area contributed by atoms with Gasteiger partial charge in [0.05, 0.1) is 5.69 Å². The van der Waals surface area contributed by atoms with Gasteiger partial charge in [0.25, 0.3) is 0 Å². The zero-order chi connectivity index (χ0) is 8.43. The normalized spacial score (nSPS) is 10.5. The minimum absolute atomic E-state index is 0.000278. The first kappa shape index (κ1) is 8.74. The van der Waals surface area contributed by atoms with Gasteiger partial charge in [0, 0.05) is 6.54 Å². The summed E-state index contributed by atoms with van der Waals surface area (Å²) >= 11 is 3.39. The van der Waals surface area contributed by atoms with Crippen LogP contribution in [0.25, 0.3) is 0 Å². The average Bonchev–Trinajstić information content (AvgIpc) is 2.28. The van der Waals surface area contributed by atoms with Crippen molar-refractivity contribution in [3.05, 3.63) is 16.1 Å². The quantitative estimate of drug-likeness (QED) is 0.817. The van der Waals surface area contributed by atoms with Crippen molar-refractivity contribution in [2.24, 2.45) is 0 Å². The van der Waals surface area contributed by atoms with Gasteiger partial charge < -0.3 is 9.67 Å². The highest BCUT2D eigenvalue weighted by atomic mass is 79.9. The molecule has 0 atom stereocenters. The van der Waals surface area contributed by atoms with Crippen LogP contribution in [0, 0.1) is 6.92 Å². The first-order valence-corrected chi connectivity index (χ1v) is 4.32. The van der Waals surface area contributed by atoms with E-state index in [9.17, 15) is 0 Å². The molecule has 0 fully saturated rings. The van der Waals surface area contributed by atoms with Gasteiger partial charge in [0.1, 0.15) is 17.0 Å². The Bertz CT molecular complexity index is 257. The first-order valence-electron chi connectivity index (χ1n) is 3.53. The predicted molar refractivity (Wildman–Crippen MR) is 46.3 cm³/mol. The van der Waals surface area contributed by atoms with Crippen LogP contribution in [-0.4, -0.2) is 14.7 Å². The molecule has 0 amide bonds. The molecule has 0 aromatic carbocycles. The van der Waals surface area contributed by atoms with Crippen molar-refractivity contribution >= 4 is 15.9 Å². The van der Waals surface area contributed by atoms with Gasteiger partial charge >= 0.3 is 0 Å². The van der Waals surface area contributed by atoms with Crippen LogP contribution in [0.4, 0.5) is 0 Å². The maximum absolute atomic E-state index is 8.88. The molecule has 1 rings (SSSR count). The lowest BCUT2D eigenvalue weighted by Crippen LogP contribution is -2.01. The first-order chi connectivity index (χ1) is 5.20. The Morgan fingerprint density at radius 1 is 1.64 bits per heavy atom. The van der Waals surface area contributed by atoms with E-state index in [4.69, 9.17) is 5.11 Å². The van der Waals surface area contributed by atoms with Gasteiger partial charge in [0.2, 0.25) is 0 Å². The van der Waals surface area contributed by atoms with Gasteiger partial charge in [0.15, 0.2) is 0 Å². The molecule has 62 valence electrons. The zero-order valence-electron chi connectivity index (χ0n) is 6.63. The summed E-state index contributed by atoms with van der Waals surface area (Å²) < 4.78 is 2.90. The molecule has 1 N–H and O–H groups in total. The fourth-order valence-electron chi connectivity index (χ4n) is 1.05. The van der Waals surface area contributed by atoms with Gasteiger partial charge in [-0.25, -0.2) is 4.98 Å². The minimum atomic E-state index is 0.000278. The number of aryl methyl sites for hydroxylation is 1. The molecule has 0 bridgehead atoms. The third-order valence-corrected chi connectivity index (χ3v) is 2.60. The fraction of sp³-hybridized carbons (Fsp3) is 0.571. The minimum Gasteiger partial charge on any atom is -0.388 e. The van der Waals surface area contributed by atoms with Crippen LogP contribution in [0.5, 0.6) is 0 Å². The van der Waals surface area contributed by atoms with Gasteiger partial charge in [-0.3, -0.25) is 0 Å².